The molecule has 0 unspecified atom stereocenters. The molecule has 0 fully saturated rings. The molecule has 0 aromatic rings. The van der Waals surface area contributed by atoms with E-state index in [2.05, 4.69) is 26.8 Å². The van der Waals surface area contributed by atoms with Crippen LogP contribution in [0.5, 0.6) is 0 Å². The van der Waals surface area contributed by atoms with Gasteiger partial charge in [-0.25, -0.2) is 0 Å². The Morgan fingerprint density at radius 2 is 1.10 bits per heavy atom. The highest BCUT2D eigenvalue weighted by molar-refractivity contribution is 4.94. The van der Waals surface area contributed by atoms with Gasteiger partial charge in [0.15, 0.2) is 0 Å². The average molecular weight is 297 g/mol. The lowest BCUT2D eigenvalue weighted by Crippen LogP contribution is -2.13. The van der Waals surface area contributed by atoms with Gasteiger partial charge in [0.2, 0.25) is 0 Å². The molecule has 0 amide bonds. The molecule has 0 atom stereocenters. The summed E-state index contributed by atoms with van der Waals surface area (Å²) in [6, 6.07) is 0. The van der Waals surface area contributed by atoms with Gasteiger partial charge in [0, 0.05) is 0 Å². The van der Waals surface area contributed by atoms with Gasteiger partial charge in [-0.1, -0.05) is 84.3 Å². The molecule has 0 aliphatic carbocycles. The maximum atomic E-state index is 9.54. The molecule has 0 aromatic carbocycles. The van der Waals surface area contributed by atoms with E-state index in [0.717, 1.165) is 6.42 Å². The number of hydrogen-bond acceptors (Lipinski definition) is 1. The highest BCUT2D eigenvalue weighted by Crippen LogP contribution is 2.22. The normalized spacial score (nSPS) is 13.2. The maximum Gasteiger partial charge on any atom is 0.0771 e. The summed E-state index contributed by atoms with van der Waals surface area (Å²) in [7, 11) is 0. The van der Waals surface area contributed by atoms with E-state index in [1.165, 1.54) is 64.2 Å². The van der Waals surface area contributed by atoms with Gasteiger partial charge in [-0.05, 0) is 38.5 Å². The van der Waals surface area contributed by atoms with E-state index < -0.39 is 5.60 Å². The van der Waals surface area contributed by atoms with Crippen molar-refractivity contribution < 1.29 is 5.11 Å². The number of hydrogen-bond donors (Lipinski definition) is 1. The molecule has 0 aliphatic heterocycles. The number of aliphatic hydroxyl groups is 1. The van der Waals surface area contributed by atoms with Gasteiger partial charge < -0.3 is 5.11 Å². The predicted molar refractivity (Wildman–Crippen MR) is 95.7 cm³/mol. The third-order valence-electron chi connectivity index (χ3n) is 3.82. The van der Waals surface area contributed by atoms with E-state index in [9.17, 15) is 5.11 Å². The van der Waals surface area contributed by atoms with Crippen molar-refractivity contribution in [1.82, 2.24) is 0 Å². The molecule has 21 heavy (non-hydrogen) atoms. The average Bonchev–Trinajstić information content (AvgIpc) is 2.32. The van der Waals surface area contributed by atoms with Crippen molar-refractivity contribution in [2.24, 2.45) is 5.41 Å². The first-order valence-electron chi connectivity index (χ1n) is 9.11. The largest absolute Gasteiger partial charge is 0.386 e. The monoisotopic (exact) mass is 296 g/mol. The van der Waals surface area contributed by atoms with Crippen LogP contribution in [-0.4, -0.2) is 10.7 Å². The zero-order valence-electron chi connectivity index (χ0n) is 15.4. The number of unbranched alkanes of at least 4 members (excludes halogenated alkanes) is 9. The third kappa shape index (κ3) is 19.7. The van der Waals surface area contributed by atoms with Gasteiger partial charge in [0.1, 0.15) is 0 Å². The van der Waals surface area contributed by atoms with Crippen LogP contribution in [0.25, 0.3) is 0 Å². The van der Waals surface area contributed by atoms with Gasteiger partial charge in [0.25, 0.3) is 0 Å². The summed E-state index contributed by atoms with van der Waals surface area (Å²) in [5.41, 5.74) is -0.132. The molecule has 126 valence electrons. The zero-order chi connectivity index (χ0) is 16.2. The fourth-order valence-corrected chi connectivity index (χ4v) is 2.53. The van der Waals surface area contributed by atoms with E-state index in [1.807, 2.05) is 19.9 Å². The van der Waals surface area contributed by atoms with Gasteiger partial charge in [-0.2, -0.15) is 0 Å². The molecule has 0 heterocycles. The van der Waals surface area contributed by atoms with Crippen molar-refractivity contribution in [2.45, 2.75) is 111 Å². The van der Waals surface area contributed by atoms with Gasteiger partial charge in [0.05, 0.1) is 5.60 Å². The van der Waals surface area contributed by atoms with Crippen LogP contribution < -0.4 is 0 Å². The fourth-order valence-electron chi connectivity index (χ4n) is 2.53. The molecule has 0 bridgehead atoms. The van der Waals surface area contributed by atoms with Crippen LogP contribution in [0.4, 0.5) is 0 Å². The Morgan fingerprint density at radius 3 is 1.52 bits per heavy atom. The smallest absolute Gasteiger partial charge is 0.0771 e. The topological polar surface area (TPSA) is 20.2 Å². The van der Waals surface area contributed by atoms with Gasteiger partial charge in [-0.15, -0.1) is 0 Å². The Kier molecular flexibility index (Phi) is 11.1. The molecule has 0 rings (SSSR count). The lowest BCUT2D eigenvalue weighted by molar-refractivity contribution is 0.133. The standard InChI is InChI=1S/C20H40O/c1-19(2,3)17-15-13-11-9-7-6-8-10-12-14-16-18-20(4,5)21/h16,18,21H,6-15,17H2,1-5H3/b18-16+. The van der Waals surface area contributed by atoms with Crippen LogP contribution in [0.2, 0.25) is 0 Å². The Labute approximate surface area is 134 Å². The quantitative estimate of drug-likeness (QED) is 0.316. The summed E-state index contributed by atoms with van der Waals surface area (Å²) >= 11 is 0. The minimum atomic E-state index is -0.646. The third-order valence-corrected chi connectivity index (χ3v) is 3.82. The van der Waals surface area contributed by atoms with Gasteiger partial charge >= 0.3 is 0 Å². The highest BCUT2D eigenvalue weighted by atomic mass is 16.3. The lowest BCUT2D eigenvalue weighted by Gasteiger charge is -2.17. The van der Waals surface area contributed by atoms with Crippen LogP contribution in [0.3, 0.4) is 0 Å². The van der Waals surface area contributed by atoms with Crippen LogP contribution in [0.1, 0.15) is 105 Å². The van der Waals surface area contributed by atoms with E-state index in [1.54, 1.807) is 0 Å². The van der Waals surface area contributed by atoms with Crippen molar-refractivity contribution in [1.29, 1.82) is 0 Å². The first-order valence-corrected chi connectivity index (χ1v) is 9.11. The molecule has 0 spiro atoms. The van der Waals surface area contributed by atoms with E-state index in [-0.39, 0.29) is 0 Å². The second-order valence-corrected chi connectivity index (χ2v) is 8.34. The highest BCUT2D eigenvalue weighted by Gasteiger charge is 2.08. The molecular weight excluding hydrogens is 256 g/mol. The van der Waals surface area contributed by atoms with Crippen LogP contribution in [-0.2, 0) is 0 Å². The molecule has 1 heteroatoms. The summed E-state index contributed by atoms with van der Waals surface area (Å²) in [5, 5.41) is 9.54. The van der Waals surface area contributed by atoms with Crippen LogP contribution >= 0.6 is 0 Å². The van der Waals surface area contributed by atoms with Crippen molar-refractivity contribution in [3.8, 4) is 0 Å². The fraction of sp³-hybridized carbons (Fsp3) is 0.900. The van der Waals surface area contributed by atoms with Crippen molar-refractivity contribution in [3.63, 3.8) is 0 Å². The Hall–Kier alpha value is -0.300. The second-order valence-electron chi connectivity index (χ2n) is 8.34. The van der Waals surface area contributed by atoms with Crippen LogP contribution in [0.15, 0.2) is 12.2 Å². The summed E-state index contributed by atoms with van der Waals surface area (Å²) in [6.07, 6.45) is 18.9. The second kappa shape index (κ2) is 11.3. The minimum absolute atomic E-state index is 0.514. The summed E-state index contributed by atoms with van der Waals surface area (Å²) in [6.45, 7) is 10.7. The van der Waals surface area contributed by atoms with Gasteiger partial charge in [-0.3, -0.25) is 0 Å². The molecule has 0 aliphatic rings. The minimum Gasteiger partial charge on any atom is -0.386 e. The van der Waals surface area contributed by atoms with E-state index >= 15 is 0 Å². The Bertz CT molecular complexity index is 252. The van der Waals surface area contributed by atoms with Crippen molar-refractivity contribution >= 4 is 0 Å². The van der Waals surface area contributed by atoms with Crippen LogP contribution in [0, 0.1) is 5.41 Å². The Morgan fingerprint density at radius 1 is 0.667 bits per heavy atom. The summed E-state index contributed by atoms with van der Waals surface area (Å²) < 4.78 is 0. The predicted octanol–water partition coefficient (Wildman–Crippen LogP) is 6.65. The molecule has 1 N–H and O–H groups in total. The first kappa shape index (κ1) is 20.7. The molecule has 1 nitrogen and oxygen atoms in total. The molecule has 0 aromatic heterocycles. The summed E-state index contributed by atoms with van der Waals surface area (Å²) in [5.74, 6) is 0. The zero-order valence-corrected chi connectivity index (χ0v) is 15.4. The number of allylic oxidation sites excluding steroid dienone is 1. The molecule has 0 saturated heterocycles. The number of rotatable bonds is 12. The lowest BCUT2D eigenvalue weighted by atomic mass is 9.89. The molecule has 0 radical (unpaired) electrons. The van der Waals surface area contributed by atoms with Crippen molar-refractivity contribution in [3.05, 3.63) is 12.2 Å². The first-order chi connectivity index (χ1) is 9.71. The Balaban J connectivity index is 3.18. The van der Waals surface area contributed by atoms with Crippen molar-refractivity contribution in [2.75, 3.05) is 0 Å². The SMILES string of the molecule is CC(C)(O)/C=C/CCCCCCCCCCCC(C)(C)C. The summed E-state index contributed by atoms with van der Waals surface area (Å²) in [4.78, 5) is 0. The molecule has 0 saturated carbocycles. The molecular formula is C20H40O. The maximum absolute atomic E-state index is 9.54. The van der Waals surface area contributed by atoms with E-state index in [0.29, 0.717) is 5.41 Å². The van der Waals surface area contributed by atoms with E-state index in [4.69, 9.17) is 0 Å².